The number of halogens is 1. The van der Waals surface area contributed by atoms with E-state index in [4.69, 9.17) is 5.73 Å². The van der Waals surface area contributed by atoms with Crippen molar-refractivity contribution in [3.63, 3.8) is 0 Å². The molecule has 1 atom stereocenters. The maximum atomic E-state index is 13.5. The van der Waals surface area contributed by atoms with Crippen LogP contribution in [-0.4, -0.2) is 43.7 Å². The van der Waals surface area contributed by atoms with Crippen molar-refractivity contribution in [3.8, 4) is 0 Å². The number of carbonyl (C=O) groups excluding carboxylic acids is 1. The molecule has 0 unspecified atom stereocenters. The second-order valence-corrected chi connectivity index (χ2v) is 7.99. The SMILES string of the molecule is CC1(C)C(c2ccc(Br)cc2)=[N+]([O-])[C@]2(CCCC/C2=N/NC(N)=O)N1O. The first kappa shape index (κ1) is 18.8. The summed E-state index contributed by atoms with van der Waals surface area (Å²) in [6.07, 6.45) is 2.46. The van der Waals surface area contributed by atoms with E-state index < -0.39 is 17.2 Å². The van der Waals surface area contributed by atoms with Gasteiger partial charge < -0.3 is 16.1 Å². The number of primary amides is 1. The molecular formula is C17H22BrN5O3. The van der Waals surface area contributed by atoms with Crippen molar-refractivity contribution < 1.29 is 14.7 Å². The lowest BCUT2D eigenvalue weighted by atomic mass is 9.86. The first-order valence-corrected chi connectivity index (χ1v) is 9.23. The molecule has 1 fully saturated rings. The van der Waals surface area contributed by atoms with Crippen LogP contribution in [0.4, 0.5) is 4.79 Å². The molecule has 26 heavy (non-hydrogen) atoms. The van der Waals surface area contributed by atoms with Crippen LogP contribution in [0, 0.1) is 5.21 Å². The molecule has 1 aromatic rings. The molecule has 1 heterocycles. The molecule has 0 aromatic heterocycles. The highest BCUT2D eigenvalue weighted by atomic mass is 79.9. The Kier molecular flexibility index (Phi) is 4.80. The summed E-state index contributed by atoms with van der Waals surface area (Å²) in [5.74, 6) is 0. The fraction of sp³-hybridized carbons (Fsp3) is 0.471. The van der Waals surface area contributed by atoms with Gasteiger partial charge in [0.05, 0.1) is 0 Å². The molecule has 1 aliphatic carbocycles. The van der Waals surface area contributed by atoms with E-state index in [2.05, 4.69) is 26.5 Å². The molecule has 3 rings (SSSR count). The average Bonchev–Trinajstić information content (AvgIpc) is 2.74. The van der Waals surface area contributed by atoms with E-state index in [1.807, 2.05) is 24.3 Å². The topological polar surface area (TPSA) is 117 Å². The van der Waals surface area contributed by atoms with Crippen LogP contribution in [0.5, 0.6) is 0 Å². The number of hydrogen-bond donors (Lipinski definition) is 3. The molecule has 1 saturated carbocycles. The smallest absolute Gasteiger partial charge is 0.332 e. The number of benzene rings is 1. The Labute approximate surface area is 160 Å². The van der Waals surface area contributed by atoms with Gasteiger partial charge in [0.15, 0.2) is 0 Å². The molecule has 0 radical (unpaired) electrons. The minimum atomic E-state index is -1.35. The van der Waals surface area contributed by atoms with Crippen molar-refractivity contribution >= 4 is 33.4 Å². The third kappa shape index (κ3) is 2.80. The predicted molar refractivity (Wildman–Crippen MR) is 101 cm³/mol. The van der Waals surface area contributed by atoms with Crippen molar-refractivity contribution in [2.75, 3.05) is 0 Å². The number of nitrogens with one attached hydrogen (secondary N) is 1. The largest absolute Gasteiger partial charge is 0.622 e. The molecule has 9 heteroatoms. The first-order chi connectivity index (χ1) is 12.2. The first-order valence-electron chi connectivity index (χ1n) is 8.43. The Morgan fingerprint density at radius 3 is 2.65 bits per heavy atom. The molecule has 2 aliphatic rings. The minimum Gasteiger partial charge on any atom is -0.622 e. The maximum Gasteiger partial charge on any atom is 0.332 e. The summed E-state index contributed by atoms with van der Waals surface area (Å²) >= 11 is 3.39. The second kappa shape index (κ2) is 6.64. The Hall–Kier alpha value is -1.97. The molecule has 0 saturated heterocycles. The Bertz CT molecular complexity index is 790. The highest BCUT2D eigenvalue weighted by molar-refractivity contribution is 9.10. The van der Waals surface area contributed by atoms with Crippen LogP contribution in [0.15, 0.2) is 33.8 Å². The van der Waals surface area contributed by atoms with Gasteiger partial charge in [-0.1, -0.05) is 15.9 Å². The van der Waals surface area contributed by atoms with Crippen LogP contribution in [0.2, 0.25) is 0 Å². The van der Waals surface area contributed by atoms with Gasteiger partial charge in [0, 0.05) is 16.5 Å². The molecule has 1 aliphatic heterocycles. The highest BCUT2D eigenvalue weighted by Crippen LogP contribution is 2.42. The molecule has 140 valence electrons. The third-order valence-corrected chi connectivity index (χ3v) is 5.60. The second-order valence-electron chi connectivity index (χ2n) is 7.08. The summed E-state index contributed by atoms with van der Waals surface area (Å²) in [6, 6.07) is 6.56. The summed E-state index contributed by atoms with van der Waals surface area (Å²) in [7, 11) is 0. The monoisotopic (exact) mass is 423 g/mol. The quantitative estimate of drug-likeness (QED) is 0.384. The molecule has 8 nitrogen and oxygen atoms in total. The average molecular weight is 424 g/mol. The van der Waals surface area contributed by atoms with Gasteiger partial charge in [0.1, 0.15) is 11.3 Å². The number of rotatable bonds is 2. The van der Waals surface area contributed by atoms with Crippen molar-refractivity contribution in [2.45, 2.75) is 50.7 Å². The van der Waals surface area contributed by atoms with E-state index in [1.165, 1.54) is 0 Å². The van der Waals surface area contributed by atoms with Crippen LogP contribution < -0.4 is 11.2 Å². The molecule has 1 aromatic carbocycles. The lowest BCUT2D eigenvalue weighted by Crippen LogP contribution is -2.61. The zero-order valence-corrected chi connectivity index (χ0v) is 16.3. The van der Waals surface area contributed by atoms with Gasteiger partial charge in [-0.25, -0.2) is 10.2 Å². The van der Waals surface area contributed by atoms with Crippen LogP contribution in [0.1, 0.15) is 45.1 Å². The lowest BCUT2D eigenvalue weighted by Gasteiger charge is -2.38. The lowest BCUT2D eigenvalue weighted by molar-refractivity contribution is -0.568. The Balaban J connectivity index is 2.18. The molecule has 2 amide bonds. The van der Waals surface area contributed by atoms with Crippen molar-refractivity contribution in [1.29, 1.82) is 0 Å². The van der Waals surface area contributed by atoms with E-state index in [9.17, 15) is 15.2 Å². The number of hydroxylamine groups is 3. The van der Waals surface area contributed by atoms with Gasteiger partial charge in [-0.3, -0.25) is 0 Å². The summed E-state index contributed by atoms with van der Waals surface area (Å²) in [4.78, 5) is 11.1. The van der Waals surface area contributed by atoms with Gasteiger partial charge in [0.2, 0.25) is 5.71 Å². The number of urea groups is 1. The number of nitrogens with zero attached hydrogens (tertiary/aromatic N) is 3. The zero-order chi connectivity index (χ0) is 19.1. The van der Waals surface area contributed by atoms with Gasteiger partial charge in [0.25, 0.3) is 5.66 Å². The summed E-state index contributed by atoms with van der Waals surface area (Å²) in [6.45, 7) is 3.58. The number of nitrogens with two attached hydrogens (primary N) is 1. The fourth-order valence-electron chi connectivity index (χ4n) is 3.88. The third-order valence-electron chi connectivity index (χ3n) is 5.07. The number of hydrazone groups is 1. The summed E-state index contributed by atoms with van der Waals surface area (Å²) < 4.78 is 1.74. The molecule has 1 spiro atoms. The summed E-state index contributed by atoms with van der Waals surface area (Å²) in [5, 5.41) is 29.7. The van der Waals surface area contributed by atoms with Gasteiger partial charge in [-0.05, 0) is 57.4 Å². The Morgan fingerprint density at radius 1 is 1.38 bits per heavy atom. The van der Waals surface area contributed by atoms with Gasteiger partial charge in [-0.15, -0.1) is 5.06 Å². The minimum absolute atomic E-state index is 0.399. The standard InChI is InChI=1S/C17H22BrN5O3/c1-16(2)14(11-6-8-12(18)9-7-11)22(25)17(23(16)26)10-4-3-5-13(17)20-21-15(19)24/h6-9,26H,3-5,10H2,1-2H3,(H3,19,21,24)/b20-13-/t17-/m1/s1. The number of amides is 2. The van der Waals surface area contributed by atoms with Crippen LogP contribution in [0.25, 0.3) is 0 Å². The van der Waals surface area contributed by atoms with E-state index >= 15 is 0 Å². The van der Waals surface area contributed by atoms with E-state index in [0.717, 1.165) is 32.7 Å². The number of hydrogen-bond acceptors (Lipinski definition) is 5. The molecule has 4 N–H and O–H groups in total. The highest BCUT2D eigenvalue weighted by Gasteiger charge is 2.65. The number of carbonyl (C=O) groups is 1. The van der Waals surface area contributed by atoms with Crippen LogP contribution in [-0.2, 0) is 0 Å². The normalized spacial score (nSPS) is 27.3. The van der Waals surface area contributed by atoms with Gasteiger partial charge >= 0.3 is 6.03 Å². The van der Waals surface area contributed by atoms with E-state index in [-0.39, 0.29) is 0 Å². The zero-order valence-electron chi connectivity index (χ0n) is 14.7. The van der Waals surface area contributed by atoms with E-state index in [0.29, 0.717) is 24.3 Å². The van der Waals surface area contributed by atoms with Crippen molar-refractivity contribution in [3.05, 3.63) is 39.5 Å². The predicted octanol–water partition coefficient (Wildman–Crippen LogP) is 2.53. The fourth-order valence-corrected chi connectivity index (χ4v) is 4.15. The van der Waals surface area contributed by atoms with E-state index in [1.54, 1.807) is 13.8 Å². The van der Waals surface area contributed by atoms with Crippen LogP contribution in [0.3, 0.4) is 0 Å². The van der Waals surface area contributed by atoms with Gasteiger partial charge in [-0.2, -0.15) is 9.84 Å². The van der Waals surface area contributed by atoms with Crippen molar-refractivity contribution in [2.24, 2.45) is 10.8 Å². The van der Waals surface area contributed by atoms with Crippen molar-refractivity contribution in [1.82, 2.24) is 10.5 Å². The molecule has 0 bridgehead atoms. The molecular weight excluding hydrogens is 402 g/mol. The van der Waals surface area contributed by atoms with Crippen LogP contribution >= 0.6 is 15.9 Å². The Morgan fingerprint density at radius 2 is 2.04 bits per heavy atom. The maximum absolute atomic E-state index is 13.5. The summed E-state index contributed by atoms with van der Waals surface area (Å²) in [5.41, 5.74) is 6.59.